The standard InChI is InChI=1S/C19H18N4O3S2.C18H16N4O3S2/c1-2-26-17(25)13-8-10-15(11-9-13)20-16(24)12-27-19-23-22-18(28-19)21-14-6-4-3-5-7-14;1-25-16(24)12-7-9-14(10-8-12)19-15(23)11-26-18-22-21-17(27-18)20-13-5-3-2-4-6-13/h3-11H,2,12H2,1H3,(H,20,24)(H,21,22);2-10H,11H2,1H3,(H,19,23)(H,20,21). The van der Waals surface area contributed by atoms with Crippen LogP contribution in [-0.2, 0) is 19.1 Å². The van der Waals surface area contributed by atoms with Gasteiger partial charge in [0.05, 0.1) is 36.3 Å². The number of anilines is 6. The predicted octanol–water partition coefficient (Wildman–Crippen LogP) is 7.99. The Morgan fingerprint density at radius 2 is 0.982 bits per heavy atom. The zero-order valence-corrected chi connectivity index (χ0v) is 32.7. The van der Waals surface area contributed by atoms with Gasteiger partial charge in [0.1, 0.15) is 0 Å². The Balaban J connectivity index is 0.000000211. The molecule has 0 saturated carbocycles. The predicted molar refractivity (Wildman–Crippen MR) is 218 cm³/mol. The second-order valence-electron chi connectivity index (χ2n) is 10.8. The summed E-state index contributed by atoms with van der Waals surface area (Å²) in [6.07, 6.45) is 0. The molecule has 2 aromatic heterocycles. The normalized spacial score (nSPS) is 10.3. The highest BCUT2D eigenvalue weighted by atomic mass is 32.2. The van der Waals surface area contributed by atoms with E-state index in [4.69, 9.17) is 4.74 Å². The number of esters is 2. The van der Waals surface area contributed by atoms with Gasteiger partial charge in [-0.3, -0.25) is 9.59 Å². The van der Waals surface area contributed by atoms with Crippen LogP contribution in [0.5, 0.6) is 0 Å². The smallest absolute Gasteiger partial charge is 0.338 e. The number of methoxy groups -OCH3 is 1. The molecule has 55 heavy (non-hydrogen) atoms. The molecule has 0 aliphatic heterocycles. The van der Waals surface area contributed by atoms with Crippen LogP contribution in [0.4, 0.5) is 33.0 Å². The van der Waals surface area contributed by atoms with Gasteiger partial charge in [0, 0.05) is 22.7 Å². The van der Waals surface area contributed by atoms with Crippen molar-refractivity contribution in [3.63, 3.8) is 0 Å². The molecule has 0 radical (unpaired) electrons. The van der Waals surface area contributed by atoms with Gasteiger partial charge in [-0.2, -0.15) is 0 Å². The van der Waals surface area contributed by atoms with Crippen molar-refractivity contribution in [2.75, 3.05) is 46.5 Å². The van der Waals surface area contributed by atoms with Crippen molar-refractivity contribution in [3.8, 4) is 0 Å². The Kier molecular flexibility index (Phi) is 15.5. The molecule has 282 valence electrons. The Morgan fingerprint density at radius 3 is 1.38 bits per heavy atom. The Morgan fingerprint density at radius 1 is 0.564 bits per heavy atom. The van der Waals surface area contributed by atoms with Crippen LogP contribution in [0.15, 0.2) is 118 Å². The fourth-order valence-electron chi connectivity index (χ4n) is 4.29. The molecule has 6 aromatic rings. The number of carbonyl (C=O) groups is 4. The fourth-order valence-corrected chi connectivity index (χ4v) is 7.43. The lowest BCUT2D eigenvalue weighted by atomic mass is 10.2. The minimum atomic E-state index is -0.417. The van der Waals surface area contributed by atoms with Crippen LogP contribution in [0.3, 0.4) is 0 Å². The lowest BCUT2D eigenvalue weighted by molar-refractivity contribution is -0.114. The monoisotopic (exact) mass is 814 g/mol. The van der Waals surface area contributed by atoms with Crippen molar-refractivity contribution in [2.24, 2.45) is 0 Å². The van der Waals surface area contributed by atoms with Gasteiger partial charge in [0.25, 0.3) is 0 Å². The van der Waals surface area contributed by atoms with E-state index in [0.717, 1.165) is 11.4 Å². The summed E-state index contributed by atoms with van der Waals surface area (Å²) in [5.41, 5.74) is 3.95. The van der Waals surface area contributed by atoms with Gasteiger partial charge in [0.2, 0.25) is 22.1 Å². The molecule has 18 heteroatoms. The molecule has 14 nitrogen and oxygen atoms in total. The highest BCUT2D eigenvalue weighted by Crippen LogP contribution is 2.29. The van der Waals surface area contributed by atoms with Crippen LogP contribution in [-0.4, -0.2) is 69.4 Å². The highest BCUT2D eigenvalue weighted by Gasteiger charge is 2.12. The van der Waals surface area contributed by atoms with Crippen LogP contribution in [0.25, 0.3) is 0 Å². The average Bonchev–Trinajstić information content (AvgIpc) is 3.86. The first-order chi connectivity index (χ1) is 26.8. The Hall–Kier alpha value is -5.82. The Bertz CT molecular complexity index is 2150. The van der Waals surface area contributed by atoms with Gasteiger partial charge in [-0.05, 0) is 79.7 Å². The average molecular weight is 815 g/mol. The molecule has 0 bridgehead atoms. The SMILES string of the molecule is CCOC(=O)c1ccc(NC(=O)CSc2nnc(Nc3ccccc3)s2)cc1.COC(=O)c1ccc(NC(=O)CSc2nnc(Nc3ccccc3)s2)cc1. The van der Waals surface area contributed by atoms with Crippen LogP contribution in [0.2, 0.25) is 0 Å². The van der Waals surface area contributed by atoms with Gasteiger partial charge in [0.15, 0.2) is 8.68 Å². The first-order valence-corrected chi connectivity index (χ1v) is 20.0. The molecule has 4 N–H and O–H groups in total. The number of aromatic nitrogens is 4. The summed E-state index contributed by atoms with van der Waals surface area (Å²) in [5.74, 6) is -0.717. The molecular formula is C37H34N8O6S4. The van der Waals surface area contributed by atoms with E-state index in [1.165, 1.54) is 53.3 Å². The number of hydrogen-bond donors (Lipinski definition) is 4. The molecule has 0 saturated heterocycles. The number of thioether (sulfide) groups is 2. The molecule has 0 atom stereocenters. The molecule has 0 aliphatic rings. The van der Waals surface area contributed by atoms with Crippen LogP contribution >= 0.6 is 46.2 Å². The van der Waals surface area contributed by atoms with E-state index in [1.54, 1.807) is 55.5 Å². The number of nitrogens with one attached hydrogen (secondary N) is 4. The summed E-state index contributed by atoms with van der Waals surface area (Å²) in [6, 6.07) is 32.4. The summed E-state index contributed by atoms with van der Waals surface area (Å²) in [5, 5.41) is 29.5. The number of benzene rings is 4. The molecule has 0 spiro atoms. The summed E-state index contributed by atoms with van der Waals surface area (Å²) in [7, 11) is 1.32. The molecule has 2 amide bonds. The van der Waals surface area contributed by atoms with Crippen molar-refractivity contribution in [1.82, 2.24) is 20.4 Å². The Labute approximate surface area is 332 Å². The quantitative estimate of drug-likeness (QED) is 0.0577. The second-order valence-corrected chi connectivity index (χ2v) is 15.2. The lowest BCUT2D eigenvalue weighted by Crippen LogP contribution is -2.14. The van der Waals surface area contributed by atoms with Gasteiger partial charge in [-0.25, -0.2) is 9.59 Å². The van der Waals surface area contributed by atoms with E-state index in [1.807, 2.05) is 60.7 Å². The van der Waals surface area contributed by atoms with E-state index < -0.39 is 5.97 Å². The molecule has 0 aliphatic carbocycles. The van der Waals surface area contributed by atoms with Gasteiger partial charge in [-0.1, -0.05) is 82.6 Å². The molecule has 0 unspecified atom stereocenters. The molecule has 2 heterocycles. The van der Waals surface area contributed by atoms with E-state index in [2.05, 4.69) is 46.4 Å². The van der Waals surface area contributed by atoms with E-state index in [9.17, 15) is 19.2 Å². The second kappa shape index (κ2) is 21.2. The third-order valence-corrected chi connectivity index (χ3v) is 10.7. The van der Waals surface area contributed by atoms with E-state index in [-0.39, 0.29) is 29.3 Å². The summed E-state index contributed by atoms with van der Waals surface area (Å²) in [4.78, 5) is 47.2. The topological polar surface area (TPSA) is 186 Å². The lowest BCUT2D eigenvalue weighted by Gasteiger charge is -2.06. The summed E-state index contributed by atoms with van der Waals surface area (Å²) < 4.78 is 11.0. The molecular weight excluding hydrogens is 781 g/mol. The van der Waals surface area contributed by atoms with Crippen molar-refractivity contribution in [3.05, 3.63) is 120 Å². The zero-order valence-electron chi connectivity index (χ0n) is 29.4. The fraction of sp³-hybridized carbons (Fsp3) is 0.135. The van der Waals surface area contributed by atoms with E-state index in [0.29, 0.717) is 48.1 Å². The van der Waals surface area contributed by atoms with Crippen LogP contribution < -0.4 is 21.3 Å². The van der Waals surface area contributed by atoms with Crippen molar-refractivity contribution >= 4 is 103 Å². The minimum Gasteiger partial charge on any atom is -0.465 e. The minimum absolute atomic E-state index is 0.165. The number of nitrogens with zero attached hydrogens (tertiary/aromatic N) is 4. The number of carbonyl (C=O) groups excluding carboxylic acids is 4. The number of para-hydroxylation sites is 2. The number of ether oxygens (including phenoxy) is 2. The first kappa shape index (κ1) is 40.4. The summed E-state index contributed by atoms with van der Waals surface area (Å²) in [6.45, 7) is 2.07. The third kappa shape index (κ3) is 13.5. The van der Waals surface area contributed by atoms with Gasteiger partial charge < -0.3 is 30.7 Å². The van der Waals surface area contributed by atoms with Crippen LogP contribution in [0.1, 0.15) is 27.6 Å². The van der Waals surface area contributed by atoms with Crippen LogP contribution in [0, 0.1) is 0 Å². The maximum absolute atomic E-state index is 12.1. The molecule has 6 rings (SSSR count). The van der Waals surface area contributed by atoms with Gasteiger partial charge in [-0.15, -0.1) is 20.4 Å². The maximum atomic E-state index is 12.1. The third-order valence-electron chi connectivity index (χ3n) is 6.79. The number of amides is 2. The molecule has 4 aromatic carbocycles. The van der Waals surface area contributed by atoms with Crippen molar-refractivity contribution in [1.29, 1.82) is 0 Å². The van der Waals surface area contributed by atoms with Crippen molar-refractivity contribution in [2.45, 2.75) is 15.6 Å². The number of rotatable bonds is 15. The maximum Gasteiger partial charge on any atom is 0.338 e. The van der Waals surface area contributed by atoms with Crippen molar-refractivity contribution < 1.29 is 28.7 Å². The van der Waals surface area contributed by atoms with E-state index >= 15 is 0 Å². The molecule has 0 fully saturated rings. The first-order valence-electron chi connectivity index (χ1n) is 16.4. The van der Waals surface area contributed by atoms with Gasteiger partial charge >= 0.3 is 11.9 Å². The highest BCUT2D eigenvalue weighted by molar-refractivity contribution is 8.02. The summed E-state index contributed by atoms with van der Waals surface area (Å²) >= 11 is 5.39. The zero-order chi connectivity index (χ0) is 38.8. The number of hydrogen-bond acceptors (Lipinski definition) is 16. The largest absolute Gasteiger partial charge is 0.465 e.